The first kappa shape index (κ1) is 32.6. The fourth-order valence-corrected chi connectivity index (χ4v) is 11.0. The van der Waals surface area contributed by atoms with Crippen molar-refractivity contribution < 1.29 is 4.42 Å². The average Bonchev–Trinajstić information content (AvgIpc) is 4.06. The largest absolute Gasteiger partial charge is 0.456 e. The van der Waals surface area contributed by atoms with Gasteiger partial charge in [0.05, 0.1) is 0 Å². The summed E-state index contributed by atoms with van der Waals surface area (Å²) in [6.45, 7) is 0. The van der Waals surface area contributed by atoms with Crippen LogP contribution < -0.4 is 4.90 Å². The van der Waals surface area contributed by atoms with Gasteiger partial charge < -0.3 is 9.32 Å². The smallest absolute Gasteiger partial charge is 0.136 e. The van der Waals surface area contributed by atoms with E-state index < -0.39 is 0 Å². The second kappa shape index (κ2) is 12.7. The van der Waals surface area contributed by atoms with Gasteiger partial charge in [0.25, 0.3) is 0 Å². The van der Waals surface area contributed by atoms with E-state index >= 15 is 0 Å². The number of benzene rings is 8. The summed E-state index contributed by atoms with van der Waals surface area (Å²) in [7, 11) is 0. The zero-order chi connectivity index (χ0) is 37.5. The molecule has 8 aromatic carbocycles. The Morgan fingerprint density at radius 3 is 1.65 bits per heavy atom. The van der Waals surface area contributed by atoms with Gasteiger partial charge in [-0.3, -0.25) is 0 Å². The highest BCUT2D eigenvalue weighted by Gasteiger charge is 2.56. The van der Waals surface area contributed by atoms with Crippen LogP contribution in [0.1, 0.15) is 36.8 Å². The number of hydrogen-bond donors (Lipinski definition) is 0. The summed E-state index contributed by atoms with van der Waals surface area (Å²) in [6.07, 6.45) is 5.44. The number of anilines is 3. The van der Waals surface area contributed by atoms with Gasteiger partial charge in [-0.05, 0) is 147 Å². The van der Waals surface area contributed by atoms with Crippen LogP contribution >= 0.6 is 0 Å². The molecule has 12 rings (SSSR count). The van der Waals surface area contributed by atoms with Gasteiger partial charge in [0.1, 0.15) is 11.2 Å². The van der Waals surface area contributed by atoms with Crippen LogP contribution in [0.15, 0.2) is 192 Å². The molecule has 2 bridgehead atoms. The minimum atomic E-state index is 0.178. The van der Waals surface area contributed by atoms with E-state index in [-0.39, 0.29) is 5.41 Å². The van der Waals surface area contributed by atoms with Crippen molar-refractivity contribution in [3.63, 3.8) is 0 Å². The molecule has 272 valence electrons. The molecule has 0 saturated heterocycles. The number of hydrogen-bond acceptors (Lipinski definition) is 2. The van der Waals surface area contributed by atoms with E-state index in [1.165, 1.54) is 59.1 Å². The number of furan rings is 1. The minimum absolute atomic E-state index is 0.178. The van der Waals surface area contributed by atoms with Gasteiger partial charge in [-0.15, -0.1) is 0 Å². The summed E-state index contributed by atoms with van der Waals surface area (Å²) in [5.74, 6) is 1.61. The summed E-state index contributed by atoms with van der Waals surface area (Å²) in [6, 6.07) is 69.1. The zero-order valence-electron chi connectivity index (χ0n) is 31.7. The first-order valence-corrected chi connectivity index (χ1v) is 20.5. The lowest BCUT2D eigenvalue weighted by molar-refractivity contribution is 0.327. The molecule has 1 spiro atoms. The third-order valence-electron chi connectivity index (χ3n) is 13.6. The van der Waals surface area contributed by atoms with Gasteiger partial charge in [-0.25, -0.2) is 0 Å². The van der Waals surface area contributed by atoms with Gasteiger partial charge >= 0.3 is 0 Å². The Labute approximate surface area is 333 Å². The van der Waals surface area contributed by atoms with Crippen molar-refractivity contribution in [1.82, 2.24) is 0 Å². The molecule has 0 aliphatic heterocycles. The molecule has 3 aliphatic carbocycles. The fraction of sp³-hybridized carbons (Fsp3) is 0.127. The van der Waals surface area contributed by atoms with Gasteiger partial charge in [0, 0.05) is 33.2 Å². The van der Waals surface area contributed by atoms with Crippen molar-refractivity contribution in [3.8, 4) is 44.5 Å². The van der Waals surface area contributed by atoms with Crippen LogP contribution in [0, 0.1) is 11.8 Å². The van der Waals surface area contributed by atoms with Gasteiger partial charge in [-0.2, -0.15) is 0 Å². The molecule has 0 radical (unpaired) electrons. The molecule has 57 heavy (non-hydrogen) atoms. The molecule has 2 nitrogen and oxygen atoms in total. The Kier molecular flexibility index (Phi) is 7.26. The second-order valence-electron chi connectivity index (χ2n) is 16.5. The molecule has 1 aromatic heterocycles. The Morgan fingerprint density at radius 1 is 0.421 bits per heavy atom. The van der Waals surface area contributed by atoms with Crippen molar-refractivity contribution in [1.29, 1.82) is 0 Å². The van der Waals surface area contributed by atoms with Crippen molar-refractivity contribution >= 4 is 39.0 Å². The van der Waals surface area contributed by atoms with Crippen molar-refractivity contribution in [3.05, 3.63) is 199 Å². The van der Waals surface area contributed by atoms with E-state index in [1.807, 2.05) is 12.1 Å². The fourth-order valence-electron chi connectivity index (χ4n) is 11.0. The Balaban J connectivity index is 0.908. The van der Waals surface area contributed by atoms with E-state index in [4.69, 9.17) is 4.42 Å². The average molecular weight is 732 g/mol. The molecule has 9 aromatic rings. The van der Waals surface area contributed by atoms with Crippen LogP contribution in [0.3, 0.4) is 0 Å². The summed E-state index contributed by atoms with van der Waals surface area (Å²) in [5.41, 5.74) is 18.7. The molecule has 3 unspecified atom stereocenters. The molecule has 2 saturated carbocycles. The van der Waals surface area contributed by atoms with Gasteiger partial charge in [0.2, 0.25) is 0 Å². The maximum Gasteiger partial charge on any atom is 0.136 e. The molecule has 0 N–H and O–H groups in total. The molecular formula is C55H41NO. The Hall–Kier alpha value is -6.64. The lowest BCUT2D eigenvalue weighted by Crippen LogP contribution is -2.31. The SMILES string of the molecule is c1ccc(-c2ccc(N(c3ccc(-c4ccc5c(c4)C4(CC6CCC4C6)c4ccccc4-5)cc3)c3ccc(-c4ccc5c(c4)oc4ccccc45)cc3)cc2)cc1. The second-order valence-corrected chi connectivity index (χ2v) is 16.5. The molecule has 1 heterocycles. The highest BCUT2D eigenvalue weighted by atomic mass is 16.3. The third-order valence-corrected chi connectivity index (χ3v) is 13.6. The number of nitrogens with zero attached hydrogens (tertiary/aromatic N) is 1. The van der Waals surface area contributed by atoms with Crippen LogP contribution in [0.25, 0.3) is 66.4 Å². The summed E-state index contributed by atoms with van der Waals surface area (Å²) in [5, 5.41) is 2.30. The van der Waals surface area contributed by atoms with Gasteiger partial charge in [-0.1, -0.05) is 134 Å². The maximum atomic E-state index is 6.24. The Morgan fingerprint density at radius 2 is 0.965 bits per heavy atom. The Bertz CT molecular complexity index is 2960. The summed E-state index contributed by atoms with van der Waals surface area (Å²) >= 11 is 0. The van der Waals surface area contributed by atoms with E-state index in [0.717, 1.165) is 62.0 Å². The van der Waals surface area contributed by atoms with Crippen LogP contribution in [0.2, 0.25) is 0 Å². The first-order chi connectivity index (χ1) is 28.2. The molecule has 3 atom stereocenters. The predicted molar refractivity (Wildman–Crippen MR) is 236 cm³/mol. The maximum absolute atomic E-state index is 6.24. The zero-order valence-corrected chi connectivity index (χ0v) is 31.7. The van der Waals surface area contributed by atoms with Crippen molar-refractivity contribution in [2.24, 2.45) is 11.8 Å². The topological polar surface area (TPSA) is 16.4 Å². The monoisotopic (exact) mass is 731 g/mol. The molecule has 2 heteroatoms. The molecular weight excluding hydrogens is 691 g/mol. The lowest BCUT2D eigenvalue weighted by atomic mass is 9.66. The van der Waals surface area contributed by atoms with Crippen LogP contribution in [-0.2, 0) is 5.41 Å². The first-order valence-electron chi connectivity index (χ1n) is 20.5. The van der Waals surface area contributed by atoms with E-state index in [0.29, 0.717) is 0 Å². The van der Waals surface area contributed by atoms with Crippen LogP contribution in [0.4, 0.5) is 17.1 Å². The van der Waals surface area contributed by atoms with Crippen LogP contribution in [-0.4, -0.2) is 0 Å². The van der Waals surface area contributed by atoms with E-state index in [9.17, 15) is 0 Å². The predicted octanol–water partition coefficient (Wildman–Crippen LogP) is 15.1. The molecule has 3 aliphatic rings. The third kappa shape index (κ3) is 5.10. The number of fused-ring (bicyclic) bond motifs is 11. The molecule has 2 fully saturated rings. The van der Waals surface area contributed by atoms with E-state index in [1.54, 1.807) is 11.1 Å². The van der Waals surface area contributed by atoms with Gasteiger partial charge in [0.15, 0.2) is 0 Å². The number of para-hydroxylation sites is 1. The van der Waals surface area contributed by atoms with Crippen LogP contribution in [0.5, 0.6) is 0 Å². The van der Waals surface area contributed by atoms with Crippen molar-refractivity contribution in [2.75, 3.05) is 4.90 Å². The standard InChI is InChI=1S/C55H41NO/c1-2-8-37(9-3-1)38-15-24-44(25-16-38)56(46-28-19-40(20-29-46)42-22-31-50-49-11-5-7-13-53(49)57-54(50)34-42)45-26-17-39(18-27-45)41-21-30-48-47-10-4-6-12-51(47)55(52(48)33-41)35-36-14-23-43(55)32-36/h1-13,15-22,24-31,33-34,36,43H,14,23,32,35H2. The summed E-state index contributed by atoms with van der Waals surface area (Å²) in [4.78, 5) is 2.37. The summed E-state index contributed by atoms with van der Waals surface area (Å²) < 4.78 is 6.24. The minimum Gasteiger partial charge on any atom is -0.456 e. The quantitative estimate of drug-likeness (QED) is 0.169. The highest BCUT2D eigenvalue weighted by Crippen LogP contribution is 2.65. The highest BCUT2D eigenvalue weighted by molar-refractivity contribution is 6.06. The lowest BCUT2D eigenvalue weighted by Gasteiger charge is -2.36. The normalized spacial score (nSPS) is 19.0. The molecule has 0 amide bonds. The van der Waals surface area contributed by atoms with Crippen molar-refractivity contribution in [2.45, 2.75) is 31.1 Å². The number of rotatable bonds is 6. The van der Waals surface area contributed by atoms with E-state index in [2.05, 4.69) is 181 Å².